The zero-order chi connectivity index (χ0) is 14.3. The fourth-order valence-electron chi connectivity index (χ4n) is 2.57. The second-order valence-electron chi connectivity index (χ2n) is 6.43. The molecule has 0 aromatic rings. The van der Waals surface area contributed by atoms with Gasteiger partial charge in [-0.2, -0.15) is 0 Å². The van der Waals surface area contributed by atoms with E-state index in [0.717, 1.165) is 19.5 Å². The third-order valence-electron chi connectivity index (χ3n) is 3.69. The smallest absolute Gasteiger partial charge is 0.234 e. The molecule has 0 saturated carbocycles. The first-order valence-electron chi connectivity index (χ1n) is 7.68. The number of hydrogen-bond donors (Lipinski definition) is 2. The highest BCUT2D eigenvalue weighted by Gasteiger charge is 2.17. The zero-order valence-electron chi connectivity index (χ0n) is 13.0. The highest BCUT2D eigenvalue weighted by molar-refractivity contribution is 5.78. The van der Waals surface area contributed by atoms with Crippen LogP contribution in [0.3, 0.4) is 0 Å². The minimum Gasteiger partial charge on any atom is -0.353 e. The van der Waals surface area contributed by atoms with Crippen LogP contribution in [0, 0.1) is 5.92 Å². The molecule has 4 nitrogen and oxygen atoms in total. The molecule has 0 spiro atoms. The molecule has 1 saturated heterocycles. The molecule has 2 atom stereocenters. The normalized spacial score (nSPS) is 21.1. The Kier molecular flexibility index (Phi) is 7.39. The molecule has 1 amide bonds. The molecule has 1 aliphatic rings. The van der Waals surface area contributed by atoms with Crippen LogP contribution in [0.1, 0.15) is 46.5 Å². The van der Waals surface area contributed by atoms with Crippen LogP contribution in [0.25, 0.3) is 0 Å². The Morgan fingerprint density at radius 2 is 2.11 bits per heavy atom. The average molecular weight is 269 g/mol. The van der Waals surface area contributed by atoms with E-state index in [2.05, 4.69) is 36.3 Å². The van der Waals surface area contributed by atoms with E-state index >= 15 is 0 Å². The topological polar surface area (TPSA) is 44.4 Å². The van der Waals surface area contributed by atoms with Gasteiger partial charge in [0.2, 0.25) is 5.91 Å². The highest BCUT2D eigenvalue weighted by Crippen LogP contribution is 2.07. The fraction of sp³-hybridized carbons (Fsp3) is 0.933. The molecule has 1 heterocycles. The van der Waals surface area contributed by atoms with Gasteiger partial charge in [0, 0.05) is 18.6 Å². The van der Waals surface area contributed by atoms with E-state index in [1.807, 2.05) is 7.05 Å². The second-order valence-corrected chi connectivity index (χ2v) is 6.43. The Morgan fingerprint density at radius 3 is 2.68 bits per heavy atom. The molecule has 1 fully saturated rings. The number of nitrogens with one attached hydrogen (secondary N) is 2. The summed E-state index contributed by atoms with van der Waals surface area (Å²) in [5, 5.41) is 6.55. The lowest BCUT2D eigenvalue weighted by Gasteiger charge is -2.22. The van der Waals surface area contributed by atoms with Gasteiger partial charge in [0.1, 0.15) is 0 Å². The Bertz CT molecular complexity index is 262. The lowest BCUT2D eigenvalue weighted by Crippen LogP contribution is -2.43. The summed E-state index contributed by atoms with van der Waals surface area (Å²) in [6.45, 7) is 9.13. The van der Waals surface area contributed by atoms with E-state index in [1.54, 1.807) is 0 Å². The molecule has 1 rings (SSSR count). The van der Waals surface area contributed by atoms with Crippen molar-refractivity contribution in [2.75, 3.05) is 26.7 Å². The maximum absolute atomic E-state index is 11.9. The number of hydrogen-bond acceptors (Lipinski definition) is 3. The SMILES string of the molecule is CC(C)CCC(C)NC(=O)CN(C)CC1CCCN1. The monoisotopic (exact) mass is 269 g/mol. The van der Waals surface area contributed by atoms with Crippen molar-refractivity contribution < 1.29 is 4.79 Å². The van der Waals surface area contributed by atoms with Gasteiger partial charge in [-0.05, 0) is 52.1 Å². The van der Waals surface area contributed by atoms with Crippen LogP contribution in [0.2, 0.25) is 0 Å². The number of likely N-dealkylation sites (N-methyl/N-ethyl adjacent to an activating group) is 1. The summed E-state index contributed by atoms with van der Waals surface area (Å²) in [6.07, 6.45) is 4.73. The maximum Gasteiger partial charge on any atom is 0.234 e. The highest BCUT2D eigenvalue weighted by atomic mass is 16.2. The molecular formula is C15H31N3O. The summed E-state index contributed by atoms with van der Waals surface area (Å²) in [5.41, 5.74) is 0. The maximum atomic E-state index is 11.9. The lowest BCUT2D eigenvalue weighted by atomic mass is 10.0. The quantitative estimate of drug-likeness (QED) is 0.704. The third-order valence-corrected chi connectivity index (χ3v) is 3.69. The molecule has 1 aliphatic heterocycles. The summed E-state index contributed by atoms with van der Waals surface area (Å²) in [6, 6.07) is 0.851. The van der Waals surface area contributed by atoms with E-state index in [0.29, 0.717) is 18.5 Å². The van der Waals surface area contributed by atoms with Gasteiger partial charge in [0.15, 0.2) is 0 Å². The van der Waals surface area contributed by atoms with Gasteiger partial charge in [-0.25, -0.2) is 0 Å². The van der Waals surface area contributed by atoms with Crippen LogP contribution >= 0.6 is 0 Å². The molecule has 0 aliphatic carbocycles. The van der Waals surface area contributed by atoms with Crippen molar-refractivity contribution in [1.82, 2.24) is 15.5 Å². The van der Waals surface area contributed by atoms with Crippen molar-refractivity contribution in [2.24, 2.45) is 5.92 Å². The first-order chi connectivity index (χ1) is 8.97. The number of rotatable bonds is 8. The minimum atomic E-state index is 0.150. The van der Waals surface area contributed by atoms with Crippen molar-refractivity contribution in [3.8, 4) is 0 Å². The first-order valence-corrected chi connectivity index (χ1v) is 7.68. The summed E-state index contributed by atoms with van der Waals surface area (Å²) >= 11 is 0. The predicted molar refractivity (Wildman–Crippen MR) is 80.2 cm³/mol. The Labute approximate surface area is 118 Å². The van der Waals surface area contributed by atoms with Crippen LogP contribution in [0.4, 0.5) is 0 Å². The van der Waals surface area contributed by atoms with Crippen molar-refractivity contribution in [3.63, 3.8) is 0 Å². The number of carbonyl (C=O) groups excluding carboxylic acids is 1. The van der Waals surface area contributed by atoms with Gasteiger partial charge in [-0.15, -0.1) is 0 Å². The first kappa shape index (κ1) is 16.4. The van der Waals surface area contributed by atoms with E-state index in [9.17, 15) is 4.79 Å². The molecule has 2 N–H and O–H groups in total. The molecule has 4 heteroatoms. The van der Waals surface area contributed by atoms with Gasteiger partial charge >= 0.3 is 0 Å². The minimum absolute atomic E-state index is 0.150. The standard InChI is InChI=1S/C15H31N3O/c1-12(2)7-8-13(3)17-15(19)11-18(4)10-14-6-5-9-16-14/h12-14,16H,5-11H2,1-4H3,(H,17,19). The van der Waals surface area contributed by atoms with Crippen LogP contribution in [0.15, 0.2) is 0 Å². The zero-order valence-corrected chi connectivity index (χ0v) is 13.0. The lowest BCUT2D eigenvalue weighted by molar-refractivity contribution is -0.122. The molecule has 2 unspecified atom stereocenters. The average Bonchev–Trinajstić information content (AvgIpc) is 2.78. The summed E-state index contributed by atoms with van der Waals surface area (Å²) in [7, 11) is 2.03. The summed E-state index contributed by atoms with van der Waals surface area (Å²) in [5.74, 6) is 0.854. The van der Waals surface area contributed by atoms with Crippen molar-refractivity contribution in [3.05, 3.63) is 0 Å². The van der Waals surface area contributed by atoms with Crippen molar-refractivity contribution in [2.45, 2.75) is 58.5 Å². The molecule has 0 aromatic heterocycles. The van der Waals surface area contributed by atoms with Crippen LogP contribution < -0.4 is 10.6 Å². The van der Waals surface area contributed by atoms with Gasteiger partial charge in [0.05, 0.1) is 6.54 Å². The van der Waals surface area contributed by atoms with Crippen LogP contribution in [-0.4, -0.2) is 49.6 Å². The van der Waals surface area contributed by atoms with Crippen LogP contribution in [-0.2, 0) is 4.79 Å². The Hall–Kier alpha value is -0.610. The van der Waals surface area contributed by atoms with Crippen LogP contribution in [0.5, 0.6) is 0 Å². The number of amides is 1. The van der Waals surface area contributed by atoms with E-state index < -0.39 is 0 Å². The van der Waals surface area contributed by atoms with Gasteiger partial charge in [-0.1, -0.05) is 13.8 Å². The molecule has 19 heavy (non-hydrogen) atoms. The summed E-state index contributed by atoms with van der Waals surface area (Å²) in [4.78, 5) is 14.0. The van der Waals surface area contributed by atoms with Gasteiger partial charge in [0.25, 0.3) is 0 Å². The second kappa shape index (κ2) is 8.54. The molecule has 0 bridgehead atoms. The van der Waals surface area contributed by atoms with E-state index in [-0.39, 0.29) is 11.9 Å². The summed E-state index contributed by atoms with van der Waals surface area (Å²) < 4.78 is 0. The van der Waals surface area contributed by atoms with E-state index in [4.69, 9.17) is 0 Å². The number of nitrogens with zero attached hydrogens (tertiary/aromatic N) is 1. The predicted octanol–water partition coefficient (Wildman–Crippen LogP) is 1.61. The van der Waals surface area contributed by atoms with Crippen molar-refractivity contribution >= 4 is 5.91 Å². The van der Waals surface area contributed by atoms with Gasteiger partial charge in [-0.3, -0.25) is 9.69 Å². The molecular weight excluding hydrogens is 238 g/mol. The molecule has 112 valence electrons. The molecule has 0 radical (unpaired) electrons. The fourth-order valence-corrected chi connectivity index (χ4v) is 2.57. The van der Waals surface area contributed by atoms with Gasteiger partial charge < -0.3 is 10.6 Å². The molecule has 0 aromatic carbocycles. The number of carbonyl (C=O) groups is 1. The Morgan fingerprint density at radius 1 is 1.37 bits per heavy atom. The van der Waals surface area contributed by atoms with E-state index in [1.165, 1.54) is 19.3 Å². The third kappa shape index (κ3) is 7.53. The van der Waals surface area contributed by atoms with Crippen molar-refractivity contribution in [1.29, 1.82) is 0 Å². The largest absolute Gasteiger partial charge is 0.353 e. The Balaban J connectivity index is 2.14.